The number of nitrogens with zero attached hydrogens (tertiary/aromatic N) is 2. The van der Waals surface area contributed by atoms with E-state index in [4.69, 9.17) is 0 Å². The molecule has 0 saturated heterocycles. The number of hydrogen-bond acceptors (Lipinski definition) is 3. The Morgan fingerprint density at radius 2 is 2.07 bits per heavy atom. The third kappa shape index (κ3) is 1.88. The fraction of sp³-hybridized carbons (Fsp3) is 0.333. The predicted octanol–water partition coefficient (Wildman–Crippen LogP) is 0.528. The molecule has 1 aromatic carbocycles. The first-order chi connectivity index (χ1) is 6.56. The van der Waals surface area contributed by atoms with Gasteiger partial charge in [-0.25, -0.2) is 8.42 Å². The molecular weight excluding hydrogens is 200 g/mol. The molecule has 1 heterocycles. The second kappa shape index (κ2) is 3.25. The van der Waals surface area contributed by atoms with Crippen molar-refractivity contribution in [1.29, 1.82) is 0 Å². The maximum Gasteiger partial charge on any atom is 0.244 e. The standard InChI is InChI=1S/C9H11N2O2S/c1-14(12,13)10-11-7-6-8-4-2-3-5-9(8)11/h2-5H,6-7H2,1H3. The molecule has 1 aliphatic heterocycles. The summed E-state index contributed by atoms with van der Waals surface area (Å²) in [5.74, 6) is 0. The van der Waals surface area contributed by atoms with Gasteiger partial charge in [0, 0.05) is 6.54 Å². The zero-order valence-electron chi connectivity index (χ0n) is 7.84. The van der Waals surface area contributed by atoms with Crippen molar-refractivity contribution in [2.75, 3.05) is 17.8 Å². The zero-order chi connectivity index (χ0) is 10.2. The predicted molar refractivity (Wildman–Crippen MR) is 54.5 cm³/mol. The van der Waals surface area contributed by atoms with Crippen LogP contribution in [0.1, 0.15) is 5.56 Å². The van der Waals surface area contributed by atoms with Crippen LogP contribution in [-0.4, -0.2) is 21.2 Å². The number of anilines is 1. The van der Waals surface area contributed by atoms with Crippen LogP contribution in [0, 0.1) is 0 Å². The highest BCUT2D eigenvalue weighted by atomic mass is 32.2. The molecule has 5 heteroatoms. The summed E-state index contributed by atoms with van der Waals surface area (Å²) in [4.78, 5) is 3.66. The Hall–Kier alpha value is -1.07. The average Bonchev–Trinajstić information content (AvgIpc) is 2.47. The number of para-hydroxylation sites is 1. The van der Waals surface area contributed by atoms with E-state index in [1.807, 2.05) is 24.3 Å². The van der Waals surface area contributed by atoms with E-state index in [9.17, 15) is 8.42 Å². The maximum absolute atomic E-state index is 11.0. The molecule has 2 rings (SSSR count). The molecule has 0 spiro atoms. The van der Waals surface area contributed by atoms with E-state index >= 15 is 0 Å². The molecule has 0 atom stereocenters. The molecule has 1 radical (unpaired) electrons. The van der Waals surface area contributed by atoms with Crippen molar-refractivity contribution in [2.24, 2.45) is 0 Å². The van der Waals surface area contributed by atoms with Crippen LogP contribution in [-0.2, 0) is 16.4 Å². The van der Waals surface area contributed by atoms with Crippen LogP contribution in [0.2, 0.25) is 0 Å². The largest absolute Gasteiger partial charge is 0.275 e. The maximum atomic E-state index is 11.0. The third-order valence-corrected chi connectivity index (χ3v) is 2.60. The van der Waals surface area contributed by atoms with Gasteiger partial charge >= 0.3 is 0 Å². The van der Waals surface area contributed by atoms with E-state index in [1.54, 1.807) is 5.01 Å². The number of rotatable bonds is 2. The molecule has 4 nitrogen and oxygen atoms in total. The Morgan fingerprint density at radius 1 is 1.36 bits per heavy atom. The molecule has 14 heavy (non-hydrogen) atoms. The Balaban J connectivity index is 2.27. The first kappa shape index (κ1) is 9.48. The van der Waals surface area contributed by atoms with Crippen molar-refractivity contribution in [2.45, 2.75) is 6.42 Å². The van der Waals surface area contributed by atoms with Crippen LogP contribution in [0.4, 0.5) is 5.69 Å². The van der Waals surface area contributed by atoms with Gasteiger partial charge in [0.1, 0.15) is 0 Å². The fourth-order valence-electron chi connectivity index (χ4n) is 1.58. The normalized spacial score (nSPS) is 15.6. The van der Waals surface area contributed by atoms with Gasteiger partial charge in [-0.1, -0.05) is 18.2 Å². The van der Waals surface area contributed by atoms with Crippen molar-refractivity contribution in [3.05, 3.63) is 29.8 Å². The van der Waals surface area contributed by atoms with Crippen molar-refractivity contribution in [1.82, 2.24) is 4.83 Å². The van der Waals surface area contributed by atoms with Crippen LogP contribution in [0.3, 0.4) is 0 Å². The molecular formula is C9H11N2O2S. The fourth-order valence-corrected chi connectivity index (χ4v) is 2.11. The lowest BCUT2D eigenvalue weighted by molar-refractivity contribution is 0.582. The minimum Gasteiger partial charge on any atom is -0.275 e. The lowest BCUT2D eigenvalue weighted by atomic mass is 10.2. The van der Waals surface area contributed by atoms with Crippen molar-refractivity contribution in [3.63, 3.8) is 0 Å². The van der Waals surface area contributed by atoms with E-state index in [-0.39, 0.29) is 0 Å². The Morgan fingerprint density at radius 3 is 2.79 bits per heavy atom. The van der Waals surface area contributed by atoms with Crippen LogP contribution >= 0.6 is 0 Å². The second-order valence-electron chi connectivity index (χ2n) is 3.32. The molecule has 0 fully saturated rings. The van der Waals surface area contributed by atoms with Gasteiger partial charge in [0.2, 0.25) is 10.0 Å². The quantitative estimate of drug-likeness (QED) is 0.717. The van der Waals surface area contributed by atoms with Gasteiger partial charge in [-0.3, -0.25) is 5.01 Å². The van der Waals surface area contributed by atoms with Gasteiger partial charge in [0.15, 0.2) is 0 Å². The molecule has 0 aromatic heterocycles. The van der Waals surface area contributed by atoms with Gasteiger partial charge in [-0.2, -0.15) is 0 Å². The van der Waals surface area contributed by atoms with Gasteiger partial charge < -0.3 is 0 Å². The number of fused-ring (bicyclic) bond motifs is 1. The van der Waals surface area contributed by atoms with E-state index < -0.39 is 10.0 Å². The van der Waals surface area contributed by atoms with Gasteiger partial charge in [0.25, 0.3) is 0 Å². The molecule has 0 amide bonds. The molecule has 75 valence electrons. The molecule has 0 saturated carbocycles. The highest BCUT2D eigenvalue weighted by molar-refractivity contribution is 7.88. The van der Waals surface area contributed by atoms with E-state index in [1.165, 1.54) is 0 Å². The summed E-state index contributed by atoms with van der Waals surface area (Å²) >= 11 is 0. The number of sulfonamides is 1. The van der Waals surface area contributed by atoms with Gasteiger partial charge in [-0.15, -0.1) is 0 Å². The summed E-state index contributed by atoms with van der Waals surface area (Å²) in [5.41, 5.74) is 2.05. The van der Waals surface area contributed by atoms with Crippen LogP contribution < -0.4 is 9.84 Å². The highest BCUT2D eigenvalue weighted by Gasteiger charge is 2.22. The zero-order valence-corrected chi connectivity index (χ0v) is 8.66. The van der Waals surface area contributed by atoms with Gasteiger partial charge in [0.05, 0.1) is 11.9 Å². The molecule has 1 aromatic rings. The monoisotopic (exact) mass is 211 g/mol. The Kier molecular flexibility index (Phi) is 2.20. The average molecular weight is 211 g/mol. The lowest BCUT2D eigenvalue weighted by Gasteiger charge is -2.15. The molecule has 0 N–H and O–H groups in total. The lowest BCUT2D eigenvalue weighted by Crippen LogP contribution is -2.33. The summed E-state index contributed by atoms with van der Waals surface area (Å²) in [6.45, 7) is 0.645. The van der Waals surface area contributed by atoms with Crippen LogP contribution in [0.5, 0.6) is 0 Å². The SMILES string of the molecule is CS(=O)(=O)[N]N1CCc2ccccc21. The topological polar surface area (TPSA) is 51.5 Å². The summed E-state index contributed by atoms with van der Waals surface area (Å²) in [6, 6.07) is 7.71. The highest BCUT2D eigenvalue weighted by Crippen LogP contribution is 2.26. The number of benzene rings is 1. The van der Waals surface area contributed by atoms with Crippen molar-refractivity contribution >= 4 is 15.7 Å². The minimum atomic E-state index is -3.30. The smallest absolute Gasteiger partial charge is 0.244 e. The first-order valence-corrected chi connectivity index (χ1v) is 6.19. The summed E-state index contributed by atoms with van der Waals surface area (Å²) in [6.07, 6.45) is 1.96. The van der Waals surface area contributed by atoms with Crippen molar-refractivity contribution < 1.29 is 8.42 Å². The molecule has 0 aliphatic carbocycles. The summed E-state index contributed by atoms with van der Waals surface area (Å²) < 4.78 is 22.0. The van der Waals surface area contributed by atoms with E-state index in [0.29, 0.717) is 6.54 Å². The summed E-state index contributed by atoms with van der Waals surface area (Å²) in [7, 11) is -3.30. The molecule has 1 aliphatic rings. The van der Waals surface area contributed by atoms with Crippen LogP contribution in [0.25, 0.3) is 0 Å². The van der Waals surface area contributed by atoms with E-state index in [2.05, 4.69) is 4.83 Å². The summed E-state index contributed by atoms with van der Waals surface area (Å²) in [5, 5.41) is 1.55. The van der Waals surface area contributed by atoms with E-state index in [0.717, 1.165) is 23.9 Å². The molecule has 0 bridgehead atoms. The number of hydrogen-bond donors (Lipinski definition) is 0. The Labute approximate surface area is 83.6 Å². The minimum absolute atomic E-state index is 0.645. The Bertz CT molecular complexity index is 442. The molecule has 0 unspecified atom stereocenters. The first-order valence-electron chi connectivity index (χ1n) is 4.34. The third-order valence-electron chi connectivity index (χ3n) is 2.11. The van der Waals surface area contributed by atoms with Crippen LogP contribution in [0.15, 0.2) is 24.3 Å². The second-order valence-corrected chi connectivity index (χ2v) is 4.95. The van der Waals surface area contributed by atoms with Crippen molar-refractivity contribution in [3.8, 4) is 0 Å². The van der Waals surface area contributed by atoms with Gasteiger partial charge in [-0.05, 0) is 22.9 Å².